The Labute approximate surface area is 206 Å². The molecule has 1 fully saturated rings. The van der Waals surface area contributed by atoms with Crippen LogP contribution < -0.4 is 5.32 Å². The highest BCUT2D eigenvalue weighted by Gasteiger charge is 2.32. The Balaban J connectivity index is 1.32. The van der Waals surface area contributed by atoms with Gasteiger partial charge in [-0.05, 0) is 42.9 Å². The van der Waals surface area contributed by atoms with Crippen molar-refractivity contribution in [3.8, 4) is 11.6 Å². The maximum atomic E-state index is 11.2. The molecule has 0 aliphatic carbocycles. The lowest BCUT2D eigenvalue weighted by Crippen LogP contribution is -2.45. The zero-order valence-corrected chi connectivity index (χ0v) is 20.5. The van der Waals surface area contributed by atoms with Crippen LogP contribution in [0.25, 0.3) is 17.2 Å². The van der Waals surface area contributed by atoms with E-state index in [0.29, 0.717) is 36.4 Å². The summed E-state index contributed by atoms with van der Waals surface area (Å²) in [5, 5.41) is 19.3. The van der Waals surface area contributed by atoms with Crippen LogP contribution in [0.5, 0.6) is 0 Å². The van der Waals surface area contributed by atoms with Gasteiger partial charge < -0.3 is 14.8 Å². The van der Waals surface area contributed by atoms with Gasteiger partial charge >= 0.3 is 0 Å². The van der Waals surface area contributed by atoms with E-state index in [4.69, 9.17) is 19.5 Å². The number of rotatable bonds is 9. The first-order valence-electron chi connectivity index (χ1n) is 12.5. The van der Waals surface area contributed by atoms with Gasteiger partial charge in [0.15, 0.2) is 11.4 Å². The van der Waals surface area contributed by atoms with Crippen molar-refractivity contribution in [2.75, 3.05) is 25.0 Å². The van der Waals surface area contributed by atoms with Gasteiger partial charge in [-0.1, -0.05) is 44.2 Å². The monoisotopic (exact) mass is 474 g/mol. The fourth-order valence-corrected chi connectivity index (χ4v) is 4.65. The number of fused-ring (bicyclic) bond motifs is 1. The maximum Gasteiger partial charge on any atom is 0.225 e. The molecule has 0 saturated carbocycles. The third-order valence-corrected chi connectivity index (χ3v) is 6.74. The molecule has 1 aromatic carbocycles. The lowest BCUT2D eigenvalue weighted by atomic mass is 9.85. The molecule has 35 heavy (non-hydrogen) atoms. The van der Waals surface area contributed by atoms with E-state index >= 15 is 0 Å². The van der Waals surface area contributed by atoms with Gasteiger partial charge in [-0.2, -0.15) is 4.52 Å². The minimum Gasteiger partial charge on any atom is -0.461 e. The molecule has 8 heteroatoms. The topological polar surface area (TPSA) is 91.7 Å². The first-order chi connectivity index (χ1) is 17.0. The number of anilines is 1. The summed E-state index contributed by atoms with van der Waals surface area (Å²) in [4.78, 5) is 11.9. The van der Waals surface area contributed by atoms with Gasteiger partial charge in [0.25, 0.3) is 0 Å². The van der Waals surface area contributed by atoms with Crippen molar-refractivity contribution in [2.45, 2.75) is 51.7 Å². The number of furan rings is 1. The summed E-state index contributed by atoms with van der Waals surface area (Å²) < 4.78 is 7.34. The molecule has 5 rings (SSSR count). The van der Waals surface area contributed by atoms with E-state index in [9.17, 15) is 5.11 Å². The molecular weight excluding hydrogens is 440 g/mol. The molecule has 8 nitrogen and oxygen atoms in total. The third kappa shape index (κ3) is 5.55. The molecule has 1 saturated heterocycles. The molecule has 0 amide bonds. The Kier molecular flexibility index (Phi) is 6.83. The summed E-state index contributed by atoms with van der Waals surface area (Å²) in [6, 6.07) is 14.0. The molecule has 0 spiro atoms. The first kappa shape index (κ1) is 23.5. The van der Waals surface area contributed by atoms with E-state index in [0.717, 1.165) is 50.1 Å². The minimum absolute atomic E-state index is 0.548. The van der Waals surface area contributed by atoms with Crippen molar-refractivity contribution in [3.05, 3.63) is 66.1 Å². The van der Waals surface area contributed by atoms with Gasteiger partial charge in [0.1, 0.15) is 0 Å². The molecule has 0 bridgehead atoms. The normalized spacial score (nSPS) is 16.2. The summed E-state index contributed by atoms with van der Waals surface area (Å²) >= 11 is 0. The molecule has 1 aliphatic rings. The van der Waals surface area contributed by atoms with E-state index in [2.05, 4.69) is 36.2 Å². The summed E-state index contributed by atoms with van der Waals surface area (Å²) in [6.45, 7) is 7.59. The highest BCUT2D eigenvalue weighted by Crippen LogP contribution is 2.28. The number of benzene rings is 1. The number of hydrogen-bond acceptors (Lipinski definition) is 7. The number of piperidine rings is 1. The molecular formula is C27H34N6O2. The van der Waals surface area contributed by atoms with E-state index in [1.54, 1.807) is 10.8 Å². The number of nitrogens with zero attached hydrogens (tertiary/aromatic N) is 5. The van der Waals surface area contributed by atoms with Crippen LogP contribution in [0.15, 0.2) is 59.3 Å². The Morgan fingerprint density at radius 1 is 1.11 bits per heavy atom. The van der Waals surface area contributed by atoms with Gasteiger partial charge in [0.05, 0.1) is 11.9 Å². The Hall–Kier alpha value is -3.23. The average molecular weight is 475 g/mol. The number of aromatic nitrogens is 4. The fourth-order valence-electron chi connectivity index (χ4n) is 4.65. The van der Waals surface area contributed by atoms with Crippen LogP contribution in [0.4, 0.5) is 5.95 Å². The molecule has 4 aromatic rings. The summed E-state index contributed by atoms with van der Waals surface area (Å²) in [5.74, 6) is 2.47. The molecule has 0 radical (unpaired) electrons. The smallest absolute Gasteiger partial charge is 0.225 e. The Morgan fingerprint density at radius 2 is 1.91 bits per heavy atom. The lowest BCUT2D eigenvalue weighted by Gasteiger charge is -2.38. The molecule has 1 aliphatic heterocycles. The Bertz CT molecular complexity index is 1230. The van der Waals surface area contributed by atoms with Crippen molar-refractivity contribution in [1.82, 2.24) is 24.5 Å². The predicted octanol–water partition coefficient (Wildman–Crippen LogP) is 4.41. The Morgan fingerprint density at radius 3 is 2.63 bits per heavy atom. The third-order valence-electron chi connectivity index (χ3n) is 6.74. The van der Waals surface area contributed by atoms with Gasteiger partial charge in [-0.25, -0.2) is 9.97 Å². The minimum atomic E-state index is -0.656. The van der Waals surface area contributed by atoms with Gasteiger partial charge in [-0.15, -0.1) is 5.10 Å². The zero-order valence-electron chi connectivity index (χ0n) is 20.5. The molecule has 184 valence electrons. The predicted molar refractivity (Wildman–Crippen MR) is 136 cm³/mol. The second-order valence-electron chi connectivity index (χ2n) is 10.0. The van der Waals surface area contributed by atoms with E-state index < -0.39 is 5.60 Å². The highest BCUT2D eigenvalue weighted by molar-refractivity contribution is 5.58. The second-order valence-corrected chi connectivity index (χ2v) is 10.0. The summed E-state index contributed by atoms with van der Waals surface area (Å²) in [7, 11) is 0. The lowest BCUT2D eigenvalue weighted by molar-refractivity contribution is -0.0224. The molecule has 2 N–H and O–H groups in total. The largest absolute Gasteiger partial charge is 0.461 e. The van der Waals surface area contributed by atoms with Gasteiger partial charge in [-0.3, -0.25) is 4.90 Å². The van der Waals surface area contributed by atoms with E-state index in [-0.39, 0.29) is 0 Å². The molecule has 4 heterocycles. The summed E-state index contributed by atoms with van der Waals surface area (Å²) in [6.07, 6.45) is 6.76. The fraction of sp³-hybridized carbons (Fsp3) is 0.444. The van der Waals surface area contributed by atoms with Crippen LogP contribution in [0, 0.1) is 5.92 Å². The highest BCUT2D eigenvalue weighted by atomic mass is 16.3. The van der Waals surface area contributed by atoms with E-state index in [1.165, 1.54) is 5.56 Å². The zero-order chi connectivity index (χ0) is 24.3. The first-order valence-corrected chi connectivity index (χ1v) is 12.5. The summed E-state index contributed by atoms with van der Waals surface area (Å²) in [5.41, 5.74) is 2.32. The standard InChI is InChI=1S/C27H34N6O2/c1-20(2)10-13-28-26-29-18-22(25-30-24(31-33(25)26)23-9-6-16-35-23)19-32-14-11-27(34,12-15-32)17-21-7-4-3-5-8-21/h3-9,16,18,20,34H,10-15,17,19H2,1-2H3,(H,28,29). The van der Waals surface area contributed by atoms with Crippen molar-refractivity contribution in [3.63, 3.8) is 0 Å². The van der Waals surface area contributed by atoms with Crippen LogP contribution in [0.2, 0.25) is 0 Å². The van der Waals surface area contributed by atoms with Crippen LogP contribution in [0.1, 0.15) is 44.2 Å². The second kappa shape index (κ2) is 10.2. The van der Waals surface area contributed by atoms with E-state index in [1.807, 2.05) is 36.5 Å². The molecule has 0 atom stereocenters. The van der Waals surface area contributed by atoms with Crippen molar-refractivity contribution < 1.29 is 9.52 Å². The van der Waals surface area contributed by atoms with Crippen LogP contribution in [0.3, 0.4) is 0 Å². The van der Waals surface area contributed by atoms with Crippen molar-refractivity contribution in [2.24, 2.45) is 5.92 Å². The number of aliphatic hydroxyl groups is 1. The quantitative estimate of drug-likeness (QED) is 0.371. The number of hydrogen-bond donors (Lipinski definition) is 2. The number of likely N-dealkylation sites (tertiary alicyclic amines) is 1. The SMILES string of the molecule is CC(C)CCNc1ncc(CN2CCC(O)(Cc3ccccc3)CC2)c2nc(-c3ccco3)nn12. The number of nitrogens with one attached hydrogen (secondary N) is 1. The molecule has 0 unspecified atom stereocenters. The van der Waals surface area contributed by atoms with Crippen molar-refractivity contribution in [1.29, 1.82) is 0 Å². The van der Waals surface area contributed by atoms with Crippen LogP contribution in [-0.4, -0.2) is 54.8 Å². The maximum absolute atomic E-state index is 11.2. The van der Waals surface area contributed by atoms with Crippen molar-refractivity contribution >= 4 is 11.6 Å². The molecule has 3 aromatic heterocycles. The van der Waals surface area contributed by atoms with Gasteiger partial charge in [0, 0.05) is 44.4 Å². The van der Waals surface area contributed by atoms with Crippen LogP contribution in [-0.2, 0) is 13.0 Å². The average Bonchev–Trinajstić information content (AvgIpc) is 3.53. The van der Waals surface area contributed by atoms with Gasteiger partial charge in [0.2, 0.25) is 11.8 Å². The van der Waals surface area contributed by atoms with Crippen LogP contribution >= 0.6 is 0 Å².